The van der Waals surface area contributed by atoms with E-state index >= 15 is 0 Å². The molecule has 0 aliphatic heterocycles. The summed E-state index contributed by atoms with van der Waals surface area (Å²) >= 11 is 0. The summed E-state index contributed by atoms with van der Waals surface area (Å²) in [5.74, 6) is 2.12. The number of nitrogen functional groups attached to an aromatic ring is 1. The van der Waals surface area contributed by atoms with Crippen molar-refractivity contribution in [3.05, 3.63) is 24.0 Å². The molecule has 0 aliphatic carbocycles. The van der Waals surface area contributed by atoms with Crippen LogP contribution in [0.15, 0.2) is 18.2 Å². The summed E-state index contributed by atoms with van der Waals surface area (Å²) in [5.41, 5.74) is 5.73. The SMILES string of the molecule is C#CCCOc1ccc(N)cc1F. The summed E-state index contributed by atoms with van der Waals surface area (Å²) in [7, 11) is 0. The average Bonchev–Trinajstić information content (AvgIpc) is 2.09. The highest BCUT2D eigenvalue weighted by molar-refractivity contribution is 5.42. The van der Waals surface area contributed by atoms with Crippen molar-refractivity contribution >= 4 is 5.69 Å². The van der Waals surface area contributed by atoms with E-state index in [4.69, 9.17) is 16.9 Å². The molecule has 0 heterocycles. The van der Waals surface area contributed by atoms with Crippen molar-refractivity contribution in [2.24, 2.45) is 0 Å². The van der Waals surface area contributed by atoms with Gasteiger partial charge in [0, 0.05) is 18.2 Å². The first-order chi connectivity index (χ1) is 6.24. The van der Waals surface area contributed by atoms with Crippen LogP contribution in [0.5, 0.6) is 5.75 Å². The third-order valence-corrected chi connectivity index (χ3v) is 1.46. The lowest BCUT2D eigenvalue weighted by atomic mass is 10.3. The predicted octanol–water partition coefficient (Wildman–Crippen LogP) is 1.81. The Kier molecular flexibility index (Phi) is 3.15. The monoisotopic (exact) mass is 179 g/mol. The van der Waals surface area contributed by atoms with Crippen molar-refractivity contribution in [2.75, 3.05) is 12.3 Å². The number of nitrogens with two attached hydrogens (primary N) is 1. The molecule has 0 bridgehead atoms. The lowest BCUT2D eigenvalue weighted by molar-refractivity contribution is 0.310. The van der Waals surface area contributed by atoms with Crippen LogP contribution in [0.4, 0.5) is 10.1 Å². The van der Waals surface area contributed by atoms with Gasteiger partial charge in [0.1, 0.15) is 0 Å². The van der Waals surface area contributed by atoms with Gasteiger partial charge in [0.25, 0.3) is 0 Å². The lowest BCUT2D eigenvalue weighted by Crippen LogP contribution is -1.98. The van der Waals surface area contributed by atoms with E-state index in [1.54, 1.807) is 6.07 Å². The minimum Gasteiger partial charge on any atom is -0.490 e. The zero-order valence-electron chi connectivity index (χ0n) is 7.09. The molecule has 68 valence electrons. The Hall–Kier alpha value is -1.69. The number of hydrogen-bond donors (Lipinski definition) is 1. The van der Waals surface area contributed by atoms with E-state index < -0.39 is 5.82 Å². The fraction of sp³-hybridized carbons (Fsp3) is 0.200. The second kappa shape index (κ2) is 4.36. The van der Waals surface area contributed by atoms with Gasteiger partial charge in [-0.15, -0.1) is 12.3 Å². The summed E-state index contributed by atoms with van der Waals surface area (Å²) in [6, 6.07) is 4.28. The molecule has 1 aromatic rings. The zero-order valence-corrected chi connectivity index (χ0v) is 7.09. The van der Waals surface area contributed by atoms with Crippen LogP contribution < -0.4 is 10.5 Å². The van der Waals surface area contributed by atoms with E-state index in [1.807, 2.05) is 0 Å². The number of ether oxygens (including phenoxy) is 1. The summed E-state index contributed by atoms with van der Waals surface area (Å²) < 4.78 is 18.1. The molecule has 0 radical (unpaired) electrons. The van der Waals surface area contributed by atoms with Gasteiger partial charge in [0.05, 0.1) is 6.61 Å². The van der Waals surface area contributed by atoms with Gasteiger partial charge in [-0.1, -0.05) is 0 Å². The molecule has 2 nitrogen and oxygen atoms in total. The summed E-state index contributed by atoms with van der Waals surface area (Å²) in [4.78, 5) is 0. The summed E-state index contributed by atoms with van der Waals surface area (Å²) in [5, 5.41) is 0. The van der Waals surface area contributed by atoms with Gasteiger partial charge >= 0.3 is 0 Å². The van der Waals surface area contributed by atoms with Crippen LogP contribution >= 0.6 is 0 Å². The van der Waals surface area contributed by atoms with Crippen molar-refractivity contribution in [1.82, 2.24) is 0 Å². The van der Waals surface area contributed by atoms with Crippen LogP contribution in [0.1, 0.15) is 6.42 Å². The smallest absolute Gasteiger partial charge is 0.167 e. The maximum atomic E-state index is 13.0. The van der Waals surface area contributed by atoms with Gasteiger partial charge in [0.15, 0.2) is 11.6 Å². The van der Waals surface area contributed by atoms with Gasteiger partial charge in [-0.05, 0) is 12.1 Å². The first-order valence-corrected chi connectivity index (χ1v) is 3.85. The van der Waals surface area contributed by atoms with Crippen LogP contribution in [0.3, 0.4) is 0 Å². The fourth-order valence-corrected chi connectivity index (χ4v) is 0.854. The number of halogens is 1. The van der Waals surface area contributed by atoms with Gasteiger partial charge in [-0.3, -0.25) is 0 Å². The second-order valence-corrected chi connectivity index (χ2v) is 2.49. The van der Waals surface area contributed by atoms with Crippen LogP contribution in [-0.4, -0.2) is 6.61 Å². The molecule has 0 unspecified atom stereocenters. The number of hydrogen-bond acceptors (Lipinski definition) is 2. The Morgan fingerprint density at radius 2 is 2.31 bits per heavy atom. The summed E-state index contributed by atoms with van der Waals surface area (Å²) in [6.45, 7) is 0.317. The maximum absolute atomic E-state index is 13.0. The number of terminal acetylenes is 1. The molecule has 0 saturated heterocycles. The molecule has 0 aromatic heterocycles. The average molecular weight is 179 g/mol. The number of rotatable bonds is 3. The molecule has 0 amide bonds. The highest BCUT2D eigenvalue weighted by Crippen LogP contribution is 2.19. The van der Waals surface area contributed by atoms with Crippen molar-refractivity contribution in [3.8, 4) is 18.1 Å². The Balaban J connectivity index is 2.62. The first kappa shape index (κ1) is 9.40. The Labute approximate surface area is 76.5 Å². The van der Waals surface area contributed by atoms with Crippen LogP contribution in [-0.2, 0) is 0 Å². The van der Waals surface area contributed by atoms with E-state index in [0.717, 1.165) is 0 Å². The third kappa shape index (κ3) is 2.68. The van der Waals surface area contributed by atoms with Crippen molar-refractivity contribution in [1.29, 1.82) is 0 Å². The molecule has 1 aromatic carbocycles. The topological polar surface area (TPSA) is 35.2 Å². The molecule has 0 saturated carbocycles. The van der Waals surface area contributed by atoms with E-state index in [2.05, 4.69) is 5.92 Å². The third-order valence-electron chi connectivity index (χ3n) is 1.46. The van der Waals surface area contributed by atoms with E-state index in [0.29, 0.717) is 18.7 Å². The Morgan fingerprint density at radius 3 is 2.92 bits per heavy atom. The highest BCUT2D eigenvalue weighted by atomic mass is 19.1. The highest BCUT2D eigenvalue weighted by Gasteiger charge is 2.01. The molecule has 13 heavy (non-hydrogen) atoms. The predicted molar refractivity (Wildman–Crippen MR) is 49.8 cm³/mol. The minimum atomic E-state index is -0.461. The Bertz CT molecular complexity index is 330. The molecule has 0 fully saturated rings. The molecular formula is C10H10FNO. The van der Waals surface area contributed by atoms with Gasteiger partial charge in [-0.25, -0.2) is 4.39 Å². The van der Waals surface area contributed by atoms with Gasteiger partial charge < -0.3 is 10.5 Å². The molecule has 1 rings (SSSR count). The Morgan fingerprint density at radius 1 is 1.54 bits per heavy atom. The van der Waals surface area contributed by atoms with Crippen molar-refractivity contribution in [3.63, 3.8) is 0 Å². The molecule has 3 heteroatoms. The summed E-state index contributed by atoms with van der Waals surface area (Å²) in [6.07, 6.45) is 5.47. The van der Waals surface area contributed by atoms with Crippen molar-refractivity contribution in [2.45, 2.75) is 6.42 Å². The lowest BCUT2D eigenvalue weighted by Gasteiger charge is -2.05. The normalized spacial score (nSPS) is 9.23. The molecule has 2 N–H and O–H groups in total. The second-order valence-electron chi connectivity index (χ2n) is 2.49. The molecule has 0 aliphatic rings. The maximum Gasteiger partial charge on any atom is 0.167 e. The molecule has 0 spiro atoms. The van der Waals surface area contributed by atoms with E-state index in [1.165, 1.54) is 12.1 Å². The first-order valence-electron chi connectivity index (χ1n) is 3.85. The zero-order chi connectivity index (χ0) is 9.68. The number of benzene rings is 1. The van der Waals surface area contributed by atoms with Crippen LogP contribution in [0.2, 0.25) is 0 Å². The van der Waals surface area contributed by atoms with Crippen molar-refractivity contribution < 1.29 is 9.13 Å². The molecule has 0 atom stereocenters. The van der Waals surface area contributed by atoms with Gasteiger partial charge in [0.2, 0.25) is 0 Å². The molecular weight excluding hydrogens is 169 g/mol. The van der Waals surface area contributed by atoms with Crippen LogP contribution in [0.25, 0.3) is 0 Å². The fourth-order valence-electron chi connectivity index (χ4n) is 0.854. The van der Waals surface area contributed by atoms with E-state index in [-0.39, 0.29) is 5.75 Å². The quantitative estimate of drug-likeness (QED) is 0.436. The largest absolute Gasteiger partial charge is 0.490 e. The van der Waals surface area contributed by atoms with E-state index in [9.17, 15) is 4.39 Å². The van der Waals surface area contributed by atoms with Crippen LogP contribution in [0, 0.1) is 18.2 Å². The minimum absolute atomic E-state index is 0.185. The van der Waals surface area contributed by atoms with Gasteiger partial charge in [-0.2, -0.15) is 0 Å². The standard InChI is InChI=1S/C10H10FNO/c1-2-3-6-13-10-5-4-8(12)7-9(10)11/h1,4-5,7H,3,6,12H2. The number of anilines is 1.